The fourth-order valence-corrected chi connectivity index (χ4v) is 1.41. The Balaban J connectivity index is 0.000000720. The molecule has 0 radical (unpaired) electrons. The van der Waals surface area contributed by atoms with Crippen LogP contribution in [0.2, 0.25) is 0 Å². The smallest absolute Gasteiger partial charge is 0.145 e. The van der Waals surface area contributed by atoms with E-state index in [0.717, 1.165) is 12.5 Å². The summed E-state index contributed by atoms with van der Waals surface area (Å²) in [6, 6.07) is 2.00. The zero-order valence-electron chi connectivity index (χ0n) is 7.56. The number of anilines is 1. The molecule has 0 aliphatic heterocycles. The van der Waals surface area contributed by atoms with E-state index >= 15 is 0 Å². The maximum atomic E-state index is 5.59. The molecule has 1 aromatic heterocycles. The molecule has 0 amide bonds. The van der Waals surface area contributed by atoms with Crippen LogP contribution in [0.1, 0.15) is 31.4 Å². The van der Waals surface area contributed by atoms with Gasteiger partial charge in [0.1, 0.15) is 5.82 Å². The Morgan fingerprint density at radius 2 is 2.15 bits per heavy atom. The average Bonchev–Trinajstić information content (AvgIpc) is 2.75. The van der Waals surface area contributed by atoms with Crippen molar-refractivity contribution in [2.45, 2.75) is 32.2 Å². The highest BCUT2D eigenvalue weighted by Gasteiger charge is 2.27. The van der Waals surface area contributed by atoms with E-state index in [0.29, 0.717) is 5.82 Å². The van der Waals surface area contributed by atoms with Crippen molar-refractivity contribution in [1.29, 1.82) is 0 Å². The molecule has 1 heterocycles. The van der Waals surface area contributed by atoms with Crippen molar-refractivity contribution in [1.82, 2.24) is 9.78 Å². The lowest BCUT2D eigenvalue weighted by molar-refractivity contribution is 0.625. The maximum Gasteiger partial charge on any atom is 0.145 e. The summed E-state index contributed by atoms with van der Waals surface area (Å²) < 4.78 is 2.01. The molecule has 13 heavy (non-hydrogen) atoms. The molecule has 1 fully saturated rings. The molecule has 0 saturated heterocycles. The normalized spacial score (nSPS) is 14.5. The van der Waals surface area contributed by atoms with Gasteiger partial charge in [-0.3, -0.25) is 4.68 Å². The van der Waals surface area contributed by atoms with Crippen LogP contribution in [-0.2, 0) is 6.54 Å². The summed E-state index contributed by atoms with van der Waals surface area (Å²) in [4.78, 5) is 0. The van der Waals surface area contributed by atoms with Gasteiger partial charge in [0.25, 0.3) is 0 Å². The summed E-state index contributed by atoms with van der Waals surface area (Å²) in [7, 11) is 0. The topological polar surface area (TPSA) is 43.8 Å². The van der Waals surface area contributed by atoms with Gasteiger partial charge in [-0.1, -0.05) is 0 Å². The van der Waals surface area contributed by atoms with E-state index in [1.807, 2.05) is 10.7 Å². The average molecular weight is 224 g/mol. The van der Waals surface area contributed by atoms with Crippen molar-refractivity contribution >= 4 is 30.6 Å². The number of nitrogen functional groups attached to an aromatic ring is 1. The summed E-state index contributed by atoms with van der Waals surface area (Å²) in [5.41, 5.74) is 6.91. The van der Waals surface area contributed by atoms with Crippen LogP contribution in [0.25, 0.3) is 0 Å². The van der Waals surface area contributed by atoms with E-state index in [9.17, 15) is 0 Å². The van der Waals surface area contributed by atoms with Crippen molar-refractivity contribution in [2.24, 2.45) is 0 Å². The van der Waals surface area contributed by atoms with Crippen LogP contribution in [-0.4, -0.2) is 9.78 Å². The number of hydrogen-bond acceptors (Lipinski definition) is 2. The highest BCUT2D eigenvalue weighted by atomic mass is 35.5. The maximum absolute atomic E-state index is 5.59. The molecule has 1 aromatic rings. The molecule has 0 bridgehead atoms. The third kappa shape index (κ3) is 2.51. The van der Waals surface area contributed by atoms with Gasteiger partial charge in [-0.05, 0) is 19.8 Å². The van der Waals surface area contributed by atoms with Crippen LogP contribution in [0.15, 0.2) is 6.07 Å². The number of aryl methyl sites for hydroxylation is 1. The lowest BCUT2D eigenvalue weighted by Crippen LogP contribution is -2.01. The predicted octanol–water partition coefficient (Wildman–Crippen LogP) is 2.21. The van der Waals surface area contributed by atoms with E-state index in [2.05, 4.69) is 12.0 Å². The molecule has 5 heteroatoms. The summed E-state index contributed by atoms with van der Waals surface area (Å²) in [5, 5.41) is 4.18. The Kier molecular flexibility index (Phi) is 4.57. The molecular formula is C8H15Cl2N3. The first-order chi connectivity index (χ1) is 5.31. The molecule has 0 unspecified atom stereocenters. The van der Waals surface area contributed by atoms with Gasteiger partial charge in [0.2, 0.25) is 0 Å². The molecule has 2 rings (SSSR count). The highest BCUT2D eigenvalue weighted by molar-refractivity contribution is 5.85. The van der Waals surface area contributed by atoms with Gasteiger partial charge in [0.05, 0.1) is 0 Å². The number of halogens is 2. The third-order valence-corrected chi connectivity index (χ3v) is 2.13. The molecule has 1 aliphatic rings. The van der Waals surface area contributed by atoms with Crippen molar-refractivity contribution in [3.63, 3.8) is 0 Å². The SMILES string of the molecule is CCn1nc(N)cc1C1CC1.Cl.Cl. The van der Waals surface area contributed by atoms with Crippen LogP contribution >= 0.6 is 24.8 Å². The second-order valence-electron chi connectivity index (χ2n) is 3.08. The fraction of sp³-hybridized carbons (Fsp3) is 0.625. The predicted molar refractivity (Wildman–Crippen MR) is 58.8 cm³/mol. The minimum absolute atomic E-state index is 0. The van der Waals surface area contributed by atoms with Crippen LogP contribution in [0, 0.1) is 0 Å². The Morgan fingerprint density at radius 1 is 1.54 bits per heavy atom. The molecule has 1 saturated carbocycles. The monoisotopic (exact) mass is 223 g/mol. The van der Waals surface area contributed by atoms with E-state index in [1.165, 1.54) is 18.5 Å². The molecule has 76 valence electrons. The van der Waals surface area contributed by atoms with Gasteiger partial charge >= 0.3 is 0 Å². The molecular weight excluding hydrogens is 209 g/mol. The van der Waals surface area contributed by atoms with Gasteiger partial charge in [0.15, 0.2) is 0 Å². The summed E-state index contributed by atoms with van der Waals surface area (Å²) in [5.74, 6) is 1.41. The zero-order chi connectivity index (χ0) is 7.84. The summed E-state index contributed by atoms with van der Waals surface area (Å²) in [6.07, 6.45) is 2.62. The van der Waals surface area contributed by atoms with Gasteiger partial charge in [-0.2, -0.15) is 5.10 Å². The largest absolute Gasteiger partial charge is 0.382 e. The molecule has 2 N–H and O–H groups in total. The van der Waals surface area contributed by atoms with Crippen LogP contribution in [0.3, 0.4) is 0 Å². The summed E-state index contributed by atoms with van der Waals surface area (Å²) >= 11 is 0. The lowest BCUT2D eigenvalue weighted by atomic mass is 10.3. The minimum Gasteiger partial charge on any atom is -0.382 e. The van der Waals surface area contributed by atoms with E-state index in [1.54, 1.807) is 0 Å². The van der Waals surface area contributed by atoms with Crippen molar-refractivity contribution in [2.75, 3.05) is 5.73 Å². The molecule has 1 aliphatic carbocycles. The Bertz CT molecular complexity index is 268. The first kappa shape index (κ1) is 12.6. The number of nitrogens with zero attached hydrogens (tertiary/aromatic N) is 2. The highest BCUT2D eigenvalue weighted by Crippen LogP contribution is 2.40. The number of hydrogen-bond donors (Lipinski definition) is 1. The Morgan fingerprint density at radius 3 is 2.62 bits per heavy atom. The lowest BCUT2D eigenvalue weighted by Gasteiger charge is -2.00. The molecule has 0 atom stereocenters. The van der Waals surface area contributed by atoms with Crippen molar-refractivity contribution in [3.05, 3.63) is 11.8 Å². The second kappa shape index (κ2) is 4.72. The van der Waals surface area contributed by atoms with Crippen LogP contribution in [0.4, 0.5) is 5.82 Å². The molecule has 0 aromatic carbocycles. The first-order valence-electron chi connectivity index (χ1n) is 4.14. The molecule has 0 spiro atoms. The Labute approximate surface area is 90.5 Å². The minimum atomic E-state index is 0. The number of aromatic nitrogens is 2. The van der Waals surface area contributed by atoms with Crippen LogP contribution in [0.5, 0.6) is 0 Å². The van der Waals surface area contributed by atoms with Gasteiger partial charge in [-0.25, -0.2) is 0 Å². The van der Waals surface area contributed by atoms with Crippen molar-refractivity contribution in [3.8, 4) is 0 Å². The third-order valence-electron chi connectivity index (χ3n) is 2.13. The van der Waals surface area contributed by atoms with Gasteiger partial charge < -0.3 is 5.73 Å². The quantitative estimate of drug-likeness (QED) is 0.836. The fourth-order valence-electron chi connectivity index (χ4n) is 1.41. The van der Waals surface area contributed by atoms with Crippen LogP contribution < -0.4 is 5.73 Å². The zero-order valence-corrected chi connectivity index (χ0v) is 9.20. The standard InChI is InChI=1S/C8H13N3.2ClH/c1-2-11-7(6-3-4-6)5-8(9)10-11;;/h5-6H,2-4H2,1H3,(H2,9,10);2*1H. The Hall–Kier alpha value is -0.410. The number of rotatable bonds is 2. The van der Waals surface area contributed by atoms with E-state index in [-0.39, 0.29) is 24.8 Å². The second-order valence-corrected chi connectivity index (χ2v) is 3.08. The van der Waals surface area contributed by atoms with E-state index in [4.69, 9.17) is 5.73 Å². The first-order valence-corrected chi connectivity index (χ1v) is 4.14. The van der Waals surface area contributed by atoms with Gasteiger partial charge in [0, 0.05) is 24.2 Å². The van der Waals surface area contributed by atoms with Gasteiger partial charge in [-0.15, -0.1) is 24.8 Å². The summed E-state index contributed by atoms with van der Waals surface area (Å²) in [6.45, 7) is 3.03. The molecule has 3 nitrogen and oxygen atoms in total. The van der Waals surface area contributed by atoms with E-state index < -0.39 is 0 Å². The number of nitrogens with two attached hydrogens (primary N) is 1. The van der Waals surface area contributed by atoms with Crippen molar-refractivity contribution < 1.29 is 0 Å².